The van der Waals surface area contributed by atoms with Crippen molar-refractivity contribution in [2.45, 2.75) is 20.0 Å². The maximum atomic E-state index is 12.3. The fourth-order valence-corrected chi connectivity index (χ4v) is 1.32. The minimum atomic E-state index is -4.40. The highest BCUT2D eigenvalue weighted by Gasteiger charge is 2.30. The summed E-state index contributed by atoms with van der Waals surface area (Å²) in [5.74, 6) is -0.660. The molecule has 1 aromatic carbocycles. The Kier molecular flexibility index (Phi) is 4.72. The van der Waals surface area contributed by atoms with Gasteiger partial charge in [0.25, 0.3) is 0 Å². The number of hydrogen-bond donors (Lipinski definition) is 0. The van der Waals surface area contributed by atoms with E-state index in [2.05, 4.69) is 0 Å². The predicted octanol–water partition coefficient (Wildman–Crippen LogP) is 3.12. The van der Waals surface area contributed by atoms with Crippen molar-refractivity contribution < 1.29 is 22.8 Å². The van der Waals surface area contributed by atoms with Gasteiger partial charge in [-0.2, -0.15) is 13.2 Å². The Labute approximate surface area is 103 Å². The van der Waals surface area contributed by atoms with E-state index in [1.165, 1.54) is 5.06 Å². The maximum absolute atomic E-state index is 12.3. The van der Waals surface area contributed by atoms with Crippen LogP contribution < -0.4 is 0 Å². The zero-order chi connectivity index (χ0) is 13.8. The van der Waals surface area contributed by atoms with Gasteiger partial charge < -0.3 is 4.84 Å². The molecule has 1 aromatic rings. The summed E-state index contributed by atoms with van der Waals surface area (Å²) in [6.45, 7) is 4.65. The second kappa shape index (κ2) is 5.86. The van der Waals surface area contributed by atoms with Gasteiger partial charge in [0, 0.05) is 13.1 Å². The fraction of sp³-hybridized carbons (Fsp3) is 0.417. The number of halogens is 3. The molecular weight excluding hydrogens is 247 g/mol. The first-order valence-corrected chi connectivity index (χ1v) is 5.53. The summed E-state index contributed by atoms with van der Waals surface area (Å²) in [7, 11) is 0. The van der Waals surface area contributed by atoms with Crippen LogP contribution in [0.3, 0.4) is 0 Å². The third-order valence-corrected chi connectivity index (χ3v) is 2.37. The number of hydrogen-bond acceptors (Lipinski definition) is 3. The third kappa shape index (κ3) is 3.73. The molecule has 3 nitrogen and oxygen atoms in total. The lowest BCUT2D eigenvalue weighted by molar-refractivity contribution is -0.137. The van der Waals surface area contributed by atoms with Gasteiger partial charge in [-0.05, 0) is 38.1 Å². The molecule has 0 saturated heterocycles. The lowest BCUT2D eigenvalue weighted by atomic mass is 10.1. The highest BCUT2D eigenvalue weighted by atomic mass is 19.4. The molecule has 6 heteroatoms. The first-order chi connectivity index (χ1) is 8.38. The van der Waals surface area contributed by atoms with Gasteiger partial charge in [0.2, 0.25) is 0 Å². The van der Waals surface area contributed by atoms with E-state index in [1.807, 2.05) is 13.8 Å². The van der Waals surface area contributed by atoms with E-state index >= 15 is 0 Å². The molecule has 0 aliphatic rings. The van der Waals surface area contributed by atoms with Crippen molar-refractivity contribution in [2.24, 2.45) is 0 Å². The van der Waals surface area contributed by atoms with E-state index in [0.29, 0.717) is 13.1 Å². The molecule has 0 aliphatic heterocycles. The molecule has 0 atom stereocenters. The molecule has 0 aliphatic carbocycles. The van der Waals surface area contributed by atoms with Crippen LogP contribution in [0.15, 0.2) is 24.3 Å². The zero-order valence-corrected chi connectivity index (χ0v) is 10.1. The minimum Gasteiger partial charge on any atom is -0.364 e. The Morgan fingerprint density at radius 1 is 1.17 bits per heavy atom. The standard InChI is InChI=1S/C12H14F3NO2/c1-3-16(4-2)18-11(17)9-5-7-10(8-6-9)12(13,14)15/h5-8H,3-4H2,1-2H3. The first kappa shape index (κ1) is 14.5. The average Bonchev–Trinajstić information content (AvgIpc) is 2.34. The summed E-state index contributed by atoms with van der Waals surface area (Å²) in [5.41, 5.74) is -0.697. The second-order valence-electron chi connectivity index (χ2n) is 3.57. The van der Waals surface area contributed by atoms with Gasteiger partial charge in [0.1, 0.15) is 0 Å². The molecule has 0 N–H and O–H groups in total. The highest BCUT2D eigenvalue weighted by molar-refractivity contribution is 5.89. The van der Waals surface area contributed by atoms with Crippen molar-refractivity contribution in [1.29, 1.82) is 0 Å². The smallest absolute Gasteiger partial charge is 0.364 e. The van der Waals surface area contributed by atoms with Gasteiger partial charge in [0.15, 0.2) is 0 Å². The van der Waals surface area contributed by atoms with Crippen molar-refractivity contribution in [1.82, 2.24) is 5.06 Å². The number of carbonyl (C=O) groups is 1. The molecule has 0 radical (unpaired) electrons. The van der Waals surface area contributed by atoms with Crippen LogP contribution in [0.1, 0.15) is 29.8 Å². The highest BCUT2D eigenvalue weighted by Crippen LogP contribution is 2.29. The molecular formula is C12H14F3NO2. The molecule has 18 heavy (non-hydrogen) atoms. The molecule has 0 aromatic heterocycles. The normalized spacial score (nSPS) is 11.7. The van der Waals surface area contributed by atoms with Gasteiger partial charge in [-0.15, -0.1) is 5.06 Å². The average molecular weight is 261 g/mol. The van der Waals surface area contributed by atoms with Crippen LogP contribution in [0.2, 0.25) is 0 Å². The lowest BCUT2D eigenvalue weighted by Crippen LogP contribution is -2.26. The lowest BCUT2D eigenvalue weighted by Gasteiger charge is -2.17. The summed E-state index contributed by atoms with van der Waals surface area (Å²) in [6.07, 6.45) is -4.40. The summed E-state index contributed by atoms with van der Waals surface area (Å²) in [6, 6.07) is 3.93. The topological polar surface area (TPSA) is 29.5 Å². The van der Waals surface area contributed by atoms with Crippen molar-refractivity contribution in [2.75, 3.05) is 13.1 Å². The van der Waals surface area contributed by atoms with Crippen LogP contribution in [0.5, 0.6) is 0 Å². The molecule has 0 saturated carbocycles. The van der Waals surface area contributed by atoms with Gasteiger partial charge in [-0.25, -0.2) is 4.79 Å². The van der Waals surface area contributed by atoms with E-state index in [0.717, 1.165) is 24.3 Å². The van der Waals surface area contributed by atoms with Gasteiger partial charge in [-0.3, -0.25) is 0 Å². The molecule has 1 rings (SSSR count). The Balaban J connectivity index is 2.76. The quantitative estimate of drug-likeness (QED) is 0.780. The van der Waals surface area contributed by atoms with Crippen molar-refractivity contribution in [3.8, 4) is 0 Å². The Bertz CT molecular complexity index is 397. The molecule has 0 spiro atoms. The predicted molar refractivity (Wildman–Crippen MR) is 59.8 cm³/mol. The maximum Gasteiger partial charge on any atom is 0.416 e. The number of nitrogens with zero attached hydrogens (tertiary/aromatic N) is 1. The fourth-order valence-electron chi connectivity index (χ4n) is 1.32. The van der Waals surface area contributed by atoms with Gasteiger partial charge >= 0.3 is 12.1 Å². The van der Waals surface area contributed by atoms with Crippen LogP contribution in [-0.2, 0) is 11.0 Å². The Morgan fingerprint density at radius 2 is 1.67 bits per heavy atom. The SMILES string of the molecule is CCN(CC)OC(=O)c1ccc(C(F)(F)F)cc1. The van der Waals surface area contributed by atoms with E-state index in [9.17, 15) is 18.0 Å². The third-order valence-electron chi connectivity index (χ3n) is 2.37. The molecule has 0 unspecified atom stereocenters. The molecule has 0 fully saturated rings. The number of alkyl halides is 3. The van der Waals surface area contributed by atoms with Crippen LogP contribution in [0.25, 0.3) is 0 Å². The first-order valence-electron chi connectivity index (χ1n) is 5.53. The number of benzene rings is 1. The van der Waals surface area contributed by atoms with Crippen LogP contribution >= 0.6 is 0 Å². The molecule has 0 amide bonds. The second-order valence-corrected chi connectivity index (χ2v) is 3.57. The van der Waals surface area contributed by atoms with E-state index in [1.54, 1.807) is 0 Å². The molecule has 0 heterocycles. The molecule has 100 valence electrons. The van der Waals surface area contributed by atoms with E-state index in [-0.39, 0.29) is 5.56 Å². The van der Waals surface area contributed by atoms with Crippen molar-refractivity contribution in [3.05, 3.63) is 35.4 Å². The van der Waals surface area contributed by atoms with E-state index < -0.39 is 17.7 Å². The number of rotatable bonds is 4. The van der Waals surface area contributed by atoms with Gasteiger partial charge in [0.05, 0.1) is 11.1 Å². The summed E-state index contributed by atoms with van der Waals surface area (Å²) >= 11 is 0. The van der Waals surface area contributed by atoms with Crippen LogP contribution in [0.4, 0.5) is 13.2 Å². The van der Waals surface area contributed by atoms with Crippen LogP contribution in [-0.4, -0.2) is 24.1 Å². The largest absolute Gasteiger partial charge is 0.416 e. The minimum absolute atomic E-state index is 0.0925. The zero-order valence-electron chi connectivity index (χ0n) is 10.1. The van der Waals surface area contributed by atoms with Crippen molar-refractivity contribution >= 4 is 5.97 Å². The molecule has 0 bridgehead atoms. The Hall–Kier alpha value is -1.56. The summed E-state index contributed by atoms with van der Waals surface area (Å²) in [5, 5.41) is 1.42. The summed E-state index contributed by atoms with van der Waals surface area (Å²) in [4.78, 5) is 16.6. The van der Waals surface area contributed by atoms with Crippen molar-refractivity contribution in [3.63, 3.8) is 0 Å². The number of carbonyl (C=O) groups excluding carboxylic acids is 1. The number of hydroxylamine groups is 2. The van der Waals surface area contributed by atoms with Crippen LogP contribution in [0, 0.1) is 0 Å². The Morgan fingerprint density at radius 3 is 2.06 bits per heavy atom. The monoisotopic (exact) mass is 261 g/mol. The van der Waals surface area contributed by atoms with E-state index in [4.69, 9.17) is 4.84 Å². The summed E-state index contributed by atoms with van der Waals surface area (Å²) < 4.78 is 36.9. The van der Waals surface area contributed by atoms with Gasteiger partial charge in [-0.1, -0.05) is 0 Å².